The largest absolute Gasteiger partial charge is 0.357 e. The molecular weight excluding hydrogens is 397 g/mol. The molecule has 1 unspecified atom stereocenters. The highest BCUT2D eigenvalue weighted by Crippen LogP contribution is 2.36. The second-order valence-corrected chi connectivity index (χ2v) is 7.16. The second-order valence-electron chi connectivity index (χ2n) is 5.47. The van der Waals surface area contributed by atoms with Gasteiger partial charge < -0.3 is 10.6 Å². The highest BCUT2D eigenvalue weighted by molar-refractivity contribution is 14.0. The Kier molecular flexibility index (Phi) is 7.86. The van der Waals surface area contributed by atoms with Gasteiger partial charge in [0.2, 0.25) is 0 Å². The first-order valence-electron chi connectivity index (χ1n) is 7.25. The van der Waals surface area contributed by atoms with Crippen LogP contribution in [0.25, 0.3) is 0 Å². The van der Waals surface area contributed by atoms with Crippen molar-refractivity contribution < 1.29 is 0 Å². The molecule has 21 heavy (non-hydrogen) atoms. The van der Waals surface area contributed by atoms with Crippen LogP contribution in [0.2, 0.25) is 0 Å². The Morgan fingerprint density at radius 1 is 1.52 bits per heavy atom. The summed E-state index contributed by atoms with van der Waals surface area (Å²) in [5.74, 6) is 2.17. The Morgan fingerprint density at radius 3 is 2.90 bits per heavy atom. The number of aromatic nitrogens is 2. The van der Waals surface area contributed by atoms with E-state index in [2.05, 4.69) is 46.3 Å². The zero-order chi connectivity index (χ0) is 14.4. The summed E-state index contributed by atoms with van der Waals surface area (Å²) in [6.07, 6.45) is 6.47. The van der Waals surface area contributed by atoms with Crippen LogP contribution in [0.15, 0.2) is 17.4 Å². The molecule has 2 heterocycles. The van der Waals surface area contributed by atoms with Crippen molar-refractivity contribution in [2.75, 3.05) is 18.8 Å². The summed E-state index contributed by atoms with van der Waals surface area (Å²) in [4.78, 5) is 4.62. The molecule has 2 N–H and O–H groups in total. The molecule has 0 bridgehead atoms. The molecule has 120 valence electrons. The minimum absolute atomic E-state index is 0. The third kappa shape index (κ3) is 6.06. The van der Waals surface area contributed by atoms with E-state index in [-0.39, 0.29) is 24.0 Å². The summed E-state index contributed by atoms with van der Waals surface area (Å²) in [6, 6.07) is 0. The van der Waals surface area contributed by atoms with Crippen LogP contribution in [0.4, 0.5) is 0 Å². The van der Waals surface area contributed by atoms with E-state index in [1.165, 1.54) is 18.6 Å². The van der Waals surface area contributed by atoms with Gasteiger partial charge in [-0.3, -0.25) is 4.68 Å². The summed E-state index contributed by atoms with van der Waals surface area (Å²) in [5.41, 5.74) is 1.13. The van der Waals surface area contributed by atoms with Gasteiger partial charge in [0.25, 0.3) is 0 Å². The highest BCUT2D eigenvalue weighted by atomic mass is 127. The summed E-state index contributed by atoms with van der Waals surface area (Å²) < 4.78 is 2.16. The van der Waals surface area contributed by atoms with Crippen LogP contribution in [0.1, 0.15) is 32.3 Å². The van der Waals surface area contributed by atoms with E-state index < -0.39 is 0 Å². The minimum atomic E-state index is 0. The van der Waals surface area contributed by atoms with Crippen LogP contribution in [0, 0.1) is 0 Å². The lowest BCUT2D eigenvalue weighted by atomic mass is 10.1. The molecule has 0 radical (unpaired) electrons. The molecule has 0 aliphatic carbocycles. The lowest BCUT2D eigenvalue weighted by Crippen LogP contribution is -2.43. The molecule has 1 aromatic heterocycles. The summed E-state index contributed by atoms with van der Waals surface area (Å²) in [5, 5.41) is 10.9. The number of aliphatic imine (C=N–C) groups is 1. The molecule has 1 fully saturated rings. The first-order chi connectivity index (χ1) is 9.61. The van der Waals surface area contributed by atoms with Gasteiger partial charge in [0.15, 0.2) is 5.96 Å². The number of nitrogens with one attached hydrogen (secondary N) is 2. The van der Waals surface area contributed by atoms with Gasteiger partial charge in [-0.05, 0) is 32.4 Å². The summed E-state index contributed by atoms with van der Waals surface area (Å²) >= 11 is 2.06. The molecular formula is C14H26IN5S. The third-order valence-electron chi connectivity index (χ3n) is 3.45. The number of guanidine groups is 1. The fourth-order valence-corrected chi connectivity index (χ4v) is 3.56. The van der Waals surface area contributed by atoms with E-state index in [9.17, 15) is 0 Å². The minimum Gasteiger partial charge on any atom is -0.357 e. The molecule has 0 amide bonds. The van der Waals surface area contributed by atoms with Crippen LogP contribution in [0.3, 0.4) is 0 Å². The predicted octanol–water partition coefficient (Wildman–Crippen LogP) is 2.38. The van der Waals surface area contributed by atoms with Gasteiger partial charge in [0.05, 0.1) is 12.7 Å². The predicted molar refractivity (Wildman–Crippen MR) is 102 cm³/mol. The lowest BCUT2D eigenvalue weighted by molar-refractivity contribution is 0.584. The van der Waals surface area contributed by atoms with Gasteiger partial charge in [0, 0.05) is 36.6 Å². The Labute approximate surface area is 148 Å². The number of nitrogens with zero attached hydrogens (tertiary/aromatic N) is 3. The van der Waals surface area contributed by atoms with E-state index >= 15 is 0 Å². The molecule has 5 nitrogen and oxygen atoms in total. The van der Waals surface area contributed by atoms with Crippen molar-refractivity contribution in [1.29, 1.82) is 0 Å². The van der Waals surface area contributed by atoms with E-state index in [1.54, 1.807) is 4.68 Å². The fraction of sp³-hybridized carbons (Fsp3) is 0.714. The van der Waals surface area contributed by atoms with Crippen molar-refractivity contribution in [3.63, 3.8) is 0 Å². The zero-order valence-corrected chi connectivity index (χ0v) is 16.2. The van der Waals surface area contributed by atoms with Crippen molar-refractivity contribution in [2.24, 2.45) is 12.0 Å². The number of thioether (sulfide) groups is 1. The SMILES string of the molecule is CCNC(=NCc1cnn(C)c1)NCC1(C)CCCS1.I. The molecule has 1 aromatic rings. The van der Waals surface area contributed by atoms with Crippen LogP contribution >= 0.6 is 35.7 Å². The van der Waals surface area contributed by atoms with Crippen LogP contribution in [-0.2, 0) is 13.6 Å². The zero-order valence-electron chi connectivity index (χ0n) is 13.1. The summed E-state index contributed by atoms with van der Waals surface area (Å²) in [6.45, 7) is 6.93. The Bertz CT molecular complexity index is 454. The van der Waals surface area contributed by atoms with Crippen molar-refractivity contribution in [3.8, 4) is 0 Å². The molecule has 7 heteroatoms. The normalized spacial score (nSPS) is 22.0. The maximum absolute atomic E-state index is 4.62. The number of hydrogen-bond donors (Lipinski definition) is 2. The first-order valence-corrected chi connectivity index (χ1v) is 8.23. The Hall–Kier alpha value is -0.440. The Morgan fingerprint density at radius 2 is 2.33 bits per heavy atom. The standard InChI is InChI=1S/C14H25N5S.HI/c1-4-15-13(16-8-12-9-18-19(3)10-12)17-11-14(2)6-5-7-20-14;/h9-10H,4-8,11H2,1-3H3,(H2,15,16,17);1H. The smallest absolute Gasteiger partial charge is 0.191 e. The van der Waals surface area contributed by atoms with Crippen molar-refractivity contribution in [1.82, 2.24) is 20.4 Å². The van der Waals surface area contributed by atoms with Crippen LogP contribution < -0.4 is 10.6 Å². The average Bonchev–Trinajstić information content (AvgIpc) is 3.03. The number of rotatable bonds is 5. The van der Waals surface area contributed by atoms with Gasteiger partial charge in [-0.15, -0.1) is 24.0 Å². The van der Waals surface area contributed by atoms with Gasteiger partial charge in [-0.25, -0.2) is 4.99 Å². The first kappa shape index (κ1) is 18.6. The average molecular weight is 423 g/mol. The van der Waals surface area contributed by atoms with E-state index in [4.69, 9.17) is 0 Å². The lowest BCUT2D eigenvalue weighted by Gasteiger charge is -2.24. The maximum atomic E-state index is 4.62. The quantitative estimate of drug-likeness (QED) is 0.434. The number of aryl methyl sites for hydroxylation is 1. The topological polar surface area (TPSA) is 54.2 Å². The Balaban J connectivity index is 0.00000220. The van der Waals surface area contributed by atoms with Crippen LogP contribution in [0.5, 0.6) is 0 Å². The summed E-state index contributed by atoms with van der Waals surface area (Å²) in [7, 11) is 1.93. The highest BCUT2D eigenvalue weighted by Gasteiger charge is 2.29. The van der Waals surface area contributed by atoms with Gasteiger partial charge in [0.1, 0.15) is 0 Å². The van der Waals surface area contributed by atoms with Crippen molar-refractivity contribution in [3.05, 3.63) is 18.0 Å². The second kappa shape index (κ2) is 8.87. The number of halogens is 1. The fourth-order valence-electron chi connectivity index (χ4n) is 2.31. The molecule has 1 atom stereocenters. The number of hydrogen-bond acceptors (Lipinski definition) is 3. The van der Waals surface area contributed by atoms with Gasteiger partial charge in [-0.1, -0.05) is 0 Å². The molecule has 1 saturated heterocycles. The van der Waals surface area contributed by atoms with E-state index in [1.807, 2.05) is 19.4 Å². The third-order valence-corrected chi connectivity index (χ3v) is 4.99. The molecule has 0 spiro atoms. The molecule has 0 aromatic carbocycles. The molecule has 1 aliphatic rings. The molecule has 2 rings (SSSR count). The van der Waals surface area contributed by atoms with E-state index in [0.29, 0.717) is 11.3 Å². The maximum Gasteiger partial charge on any atom is 0.191 e. The molecule has 0 saturated carbocycles. The van der Waals surface area contributed by atoms with Gasteiger partial charge in [-0.2, -0.15) is 16.9 Å². The van der Waals surface area contributed by atoms with E-state index in [0.717, 1.165) is 24.6 Å². The molecule has 1 aliphatic heterocycles. The van der Waals surface area contributed by atoms with Gasteiger partial charge >= 0.3 is 0 Å². The van der Waals surface area contributed by atoms with Crippen molar-refractivity contribution in [2.45, 2.75) is 38.0 Å². The monoisotopic (exact) mass is 423 g/mol. The van der Waals surface area contributed by atoms with Crippen LogP contribution in [-0.4, -0.2) is 39.3 Å². The van der Waals surface area contributed by atoms with Crippen molar-refractivity contribution >= 4 is 41.7 Å².